The van der Waals surface area contributed by atoms with Crippen LogP contribution in [0.1, 0.15) is 28.1 Å². The second kappa shape index (κ2) is 5.80. The third-order valence-electron chi connectivity index (χ3n) is 4.12. The number of rotatable bonds is 3. The molecular weight excluding hydrogens is 268 g/mol. The second-order valence-corrected chi connectivity index (χ2v) is 6.05. The molecule has 0 N–H and O–H groups in total. The molecular formula is C20H22N2. The van der Waals surface area contributed by atoms with Crippen LogP contribution in [-0.4, -0.2) is 9.55 Å². The second-order valence-electron chi connectivity index (χ2n) is 6.05. The standard InChI is InChI=1S/C20H22N2/c1-14-10-15(2)12-19(11-14)20-21-16(3)17(4)22(20)13-18-8-6-5-7-9-18/h5-12H,13H2,1-4H3. The Morgan fingerprint density at radius 2 is 1.50 bits per heavy atom. The molecule has 0 spiro atoms. The van der Waals surface area contributed by atoms with Crippen molar-refractivity contribution in [1.29, 1.82) is 0 Å². The minimum Gasteiger partial charge on any atom is -0.324 e. The summed E-state index contributed by atoms with van der Waals surface area (Å²) in [5.74, 6) is 1.06. The fourth-order valence-electron chi connectivity index (χ4n) is 2.94. The van der Waals surface area contributed by atoms with Crippen LogP contribution in [0.25, 0.3) is 11.4 Å². The van der Waals surface area contributed by atoms with Gasteiger partial charge in [-0.2, -0.15) is 0 Å². The van der Waals surface area contributed by atoms with Gasteiger partial charge in [-0.3, -0.25) is 0 Å². The summed E-state index contributed by atoms with van der Waals surface area (Å²) in [5, 5.41) is 0. The van der Waals surface area contributed by atoms with Crippen LogP contribution in [0, 0.1) is 27.7 Å². The number of aryl methyl sites for hydroxylation is 3. The molecule has 1 heterocycles. The first-order chi connectivity index (χ1) is 10.5. The molecule has 0 bridgehead atoms. The minimum absolute atomic E-state index is 0.857. The molecule has 0 aliphatic carbocycles. The maximum absolute atomic E-state index is 4.82. The Balaban J connectivity index is 2.10. The lowest BCUT2D eigenvalue weighted by Crippen LogP contribution is -2.04. The van der Waals surface area contributed by atoms with Crippen LogP contribution in [0.2, 0.25) is 0 Å². The van der Waals surface area contributed by atoms with Crippen LogP contribution in [-0.2, 0) is 6.54 Å². The first-order valence-corrected chi connectivity index (χ1v) is 7.71. The Morgan fingerprint density at radius 1 is 0.864 bits per heavy atom. The van der Waals surface area contributed by atoms with Gasteiger partial charge in [0.25, 0.3) is 0 Å². The SMILES string of the molecule is Cc1cc(C)cc(-c2nc(C)c(C)n2Cc2ccccc2)c1. The molecule has 112 valence electrons. The summed E-state index contributed by atoms with van der Waals surface area (Å²) in [5.41, 5.74) is 7.39. The van der Waals surface area contributed by atoms with Gasteiger partial charge in [-0.05, 0) is 45.4 Å². The zero-order chi connectivity index (χ0) is 15.7. The number of hydrogen-bond donors (Lipinski definition) is 0. The summed E-state index contributed by atoms with van der Waals surface area (Å²) in [4.78, 5) is 4.82. The van der Waals surface area contributed by atoms with Gasteiger partial charge in [0, 0.05) is 17.8 Å². The highest BCUT2D eigenvalue weighted by molar-refractivity contribution is 5.59. The molecule has 0 atom stereocenters. The van der Waals surface area contributed by atoms with Crippen LogP contribution < -0.4 is 0 Å². The van der Waals surface area contributed by atoms with E-state index < -0.39 is 0 Å². The quantitative estimate of drug-likeness (QED) is 0.675. The molecule has 1 aromatic heterocycles. The average Bonchev–Trinajstić information content (AvgIpc) is 2.76. The number of aromatic nitrogens is 2. The summed E-state index contributed by atoms with van der Waals surface area (Å²) in [6.45, 7) is 9.37. The summed E-state index contributed by atoms with van der Waals surface area (Å²) >= 11 is 0. The van der Waals surface area contributed by atoms with Crippen molar-refractivity contribution in [3.8, 4) is 11.4 Å². The number of hydrogen-bond acceptors (Lipinski definition) is 1. The van der Waals surface area contributed by atoms with Crippen LogP contribution >= 0.6 is 0 Å². The molecule has 2 nitrogen and oxygen atoms in total. The van der Waals surface area contributed by atoms with Crippen molar-refractivity contribution >= 4 is 0 Å². The summed E-state index contributed by atoms with van der Waals surface area (Å²) < 4.78 is 2.32. The van der Waals surface area contributed by atoms with Crippen LogP contribution in [0.4, 0.5) is 0 Å². The van der Waals surface area contributed by atoms with Gasteiger partial charge in [0.2, 0.25) is 0 Å². The fourth-order valence-corrected chi connectivity index (χ4v) is 2.94. The van der Waals surface area contributed by atoms with E-state index in [9.17, 15) is 0 Å². The van der Waals surface area contributed by atoms with Gasteiger partial charge in [0.05, 0.1) is 5.69 Å². The highest BCUT2D eigenvalue weighted by Gasteiger charge is 2.13. The molecule has 0 amide bonds. The maximum atomic E-state index is 4.82. The maximum Gasteiger partial charge on any atom is 0.140 e. The lowest BCUT2D eigenvalue weighted by atomic mass is 10.1. The molecule has 3 rings (SSSR count). The van der Waals surface area contributed by atoms with E-state index in [0.717, 1.165) is 18.1 Å². The van der Waals surface area contributed by atoms with Crippen molar-refractivity contribution in [2.75, 3.05) is 0 Å². The third kappa shape index (κ3) is 2.82. The van der Waals surface area contributed by atoms with E-state index in [2.05, 4.69) is 80.8 Å². The predicted molar refractivity (Wildman–Crippen MR) is 92.2 cm³/mol. The Labute approximate surface area is 132 Å². The molecule has 3 aromatic rings. The van der Waals surface area contributed by atoms with E-state index in [1.807, 2.05) is 0 Å². The van der Waals surface area contributed by atoms with Crippen LogP contribution in [0.3, 0.4) is 0 Å². The highest BCUT2D eigenvalue weighted by atomic mass is 15.1. The predicted octanol–water partition coefficient (Wildman–Crippen LogP) is 4.83. The minimum atomic E-state index is 0.857. The summed E-state index contributed by atoms with van der Waals surface area (Å²) in [6.07, 6.45) is 0. The number of imidazole rings is 1. The van der Waals surface area contributed by atoms with E-state index in [0.29, 0.717) is 0 Å². The molecule has 2 heteroatoms. The summed E-state index contributed by atoms with van der Waals surface area (Å²) in [7, 11) is 0. The van der Waals surface area contributed by atoms with Crippen LogP contribution in [0.15, 0.2) is 48.5 Å². The van der Waals surface area contributed by atoms with Crippen molar-refractivity contribution in [1.82, 2.24) is 9.55 Å². The largest absolute Gasteiger partial charge is 0.324 e. The molecule has 0 saturated heterocycles. The Morgan fingerprint density at radius 3 is 2.14 bits per heavy atom. The molecule has 22 heavy (non-hydrogen) atoms. The van der Waals surface area contributed by atoms with E-state index in [4.69, 9.17) is 4.98 Å². The molecule has 0 fully saturated rings. The van der Waals surface area contributed by atoms with E-state index in [1.54, 1.807) is 0 Å². The van der Waals surface area contributed by atoms with E-state index in [1.165, 1.54) is 27.9 Å². The lowest BCUT2D eigenvalue weighted by Gasteiger charge is -2.11. The topological polar surface area (TPSA) is 17.8 Å². The van der Waals surface area contributed by atoms with Crippen LogP contribution in [0.5, 0.6) is 0 Å². The normalized spacial score (nSPS) is 10.9. The lowest BCUT2D eigenvalue weighted by molar-refractivity contribution is 0.777. The third-order valence-corrected chi connectivity index (χ3v) is 4.12. The number of nitrogens with zero attached hydrogens (tertiary/aromatic N) is 2. The Hall–Kier alpha value is -2.35. The zero-order valence-electron chi connectivity index (χ0n) is 13.7. The molecule has 0 saturated carbocycles. The van der Waals surface area contributed by atoms with Gasteiger partial charge in [-0.15, -0.1) is 0 Å². The molecule has 0 aliphatic heterocycles. The zero-order valence-corrected chi connectivity index (χ0v) is 13.7. The fraction of sp³-hybridized carbons (Fsp3) is 0.250. The van der Waals surface area contributed by atoms with E-state index >= 15 is 0 Å². The Kier molecular flexibility index (Phi) is 3.84. The van der Waals surface area contributed by atoms with Crippen molar-refractivity contribution in [3.63, 3.8) is 0 Å². The highest BCUT2D eigenvalue weighted by Crippen LogP contribution is 2.25. The van der Waals surface area contributed by atoms with Gasteiger partial charge >= 0.3 is 0 Å². The first kappa shape index (κ1) is 14.6. The van der Waals surface area contributed by atoms with Gasteiger partial charge in [-0.25, -0.2) is 4.98 Å². The van der Waals surface area contributed by atoms with Gasteiger partial charge < -0.3 is 4.57 Å². The Bertz CT molecular complexity index is 778. The number of benzene rings is 2. The van der Waals surface area contributed by atoms with Gasteiger partial charge in [0.15, 0.2) is 0 Å². The monoisotopic (exact) mass is 290 g/mol. The molecule has 0 unspecified atom stereocenters. The van der Waals surface area contributed by atoms with Crippen molar-refractivity contribution in [2.24, 2.45) is 0 Å². The van der Waals surface area contributed by atoms with Gasteiger partial charge in [0.1, 0.15) is 5.82 Å². The molecule has 0 aliphatic rings. The molecule has 2 aromatic carbocycles. The van der Waals surface area contributed by atoms with Crippen molar-refractivity contribution < 1.29 is 0 Å². The van der Waals surface area contributed by atoms with Crippen molar-refractivity contribution in [3.05, 3.63) is 76.6 Å². The smallest absolute Gasteiger partial charge is 0.140 e. The van der Waals surface area contributed by atoms with E-state index in [-0.39, 0.29) is 0 Å². The molecule has 0 radical (unpaired) electrons. The average molecular weight is 290 g/mol. The van der Waals surface area contributed by atoms with Crippen molar-refractivity contribution in [2.45, 2.75) is 34.2 Å². The first-order valence-electron chi connectivity index (χ1n) is 7.71. The summed E-state index contributed by atoms with van der Waals surface area (Å²) in [6, 6.07) is 17.2. The van der Waals surface area contributed by atoms with Gasteiger partial charge in [-0.1, -0.05) is 47.5 Å².